The molecule has 0 aliphatic heterocycles. The number of hydrogen-bond acceptors (Lipinski definition) is 2. The van der Waals surface area contributed by atoms with Crippen LogP contribution in [0, 0.1) is 12.5 Å². The highest BCUT2D eigenvalue weighted by molar-refractivity contribution is 4.73. The van der Waals surface area contributed by atoms with Gasteiger partial charge in [-0.05, 0) is 0 Å². The minimum absolute atomic E-state index is 0.227. The molecule has 0 aromatic carbocycles. The van der Waals surface area contributed by atoms with Gasteiger partial charge in [-0.15, -0.1) is 0 Å². The highest BCUT2D eigenvalue weighted by Gasteiger charge is 1.72. The molecule has 0 atom stereocenters. The summed E-state index contributed by atoms with van der Waals surface area (Å²) < 4.78 is 0. The lowest BCUT2D eigenvalue weighted by atomic mass is 10.7. The maximum absolute atomic E-state index is 10.1. The molecule has 7 heavy (non-hydrogen) atoms. The van der Waals surface area contributed by atoms with Crippen molar-refractivity contribution in [3.05, 3.63) is 28.9 Å². The van der Waals surface area contributed by atoms with Crippen LogP contribution in [0.25, 0.3) is 0 Å². The van der Waals surface area contributed by atoms with E-state index in [0.29, 0.717) is 0 Å². The molecule has 0 saturated heterocycles. The third-order valence-electron chi connectivity index (χ3n) is 0.495. The number of H-pyrrole nitrogens is 1. The Morgan fingerprint density at radius 2 is 2.71 bits per heavy atom. The lowest BCUT2D eigenvalue weighted by molar-refractivity contribution is 1.09. The molecule has 3 nitrogen and oxygen atoms in total. The summed E-state index contributed by atoms with van der Waals surface area (Å²) in [5.41, 5.74) is -0.227. The van der Waals surface area contributed by atoms with Gasteiger partial charge in [0.05, 0.1) is 6.20 Å². The van der Waals surface area contributed by atoms with E-state index < -0.39 is 0 Å². The first-order chi connectivity index (χ1) is 3.39. The summed E-state index contributed by atoms with van der Waals surface area (Å²) in [6, 6.07) is 1.20. The number of nitrogens with one attached hydrogen (secondary N) is 1. The average Bonchev–Trinajstić information content (AvgIpc) is 1.69. The van der Waals surface area contributed by atoms with E-state index in [4.69, 9.17) is 0 Å². The lowest BCUT2D eigenvalue weighted by Gasteiger charge is -1.70. The van der Waals surface area contributed by atoms with Gasteiger partial charge in [0.25, 0.3) is 5.56 Å². The second-order valence-electron chi connectivity index (χ2n) is 0.986. The largest absolute Gasteiger partial charge is 0.304 e. The predicted octanol–water partition coefficient (Wildman–Crippen LogP) is -0.630. The molecular weight excluding hydrogens is 92.1 g/mol. The fraction of sp³-hybridized carbons (Fsp3) is 0. The number of nitrogens with zero attached hydrogens (tertiary/aromatic N) is 1. The zero-order valence-electron chi connectivity index (χ0n) is 3.43. The Morgan fingerprint density at radius 3 is 3.00 bits per heavy atom. The van der Waals surface area contributed by atoms with Crippen molar-refractivity contribution in [2.45, 2.75) is 0 Å². The van der Waals surface area contributed by atoms with Crippen LogP contribution in [0.4, 0.5) is 0 Å². The summed E-state index contributed by atoms with van der Waals surface area (Å²) in [6.45, 7) is 0. The first-order valence-corrected chi connectivity index (χ1v) is 1.73. The summed E-state index contributed by atoms with van der Waals surface area (Å²) in [7, 11) is 0. The highest BCUT2D eigenvalue weighted by atomic mass is 16.1. The van der Waals surface area contributed by atoms with E-state index in [0.717, 1.165) is 0 Å². The Labute approximate surface area is 40.0 Å². The summed E-state index contributed by atoms with van der Waals surface area (Å²) in [4.78, 5) is 15.7. The monoisotopic (exact) mass is 94.0 g/mol. The maximum Gasteiger partial charge on any atom is 0.251 e. The quantitative estimate of drug-likeness (QED) is 0.465. The SMILES string of the molecule is O=c1c[c]n[c][nH]1. The number of hydrogen-bond donors (Lipinski definition) is 1. The summed E-state index contributed by atoms with van der Waals surface area (Å²) in [5.74, 6) is 0. The molecule has 0 amide bonds. The third kappa shape index (κ3) is 0.855. The van der Waals surface area contributed by atoms with Crippen LogP contribution in [0.5, 0.6) is 0 Å². The van der Waals surface area contributed by atoms with Gasteiger partial charge in [-0.25, -0.2) is 4.98 Å². The van der Waals surface area contributed by atoms with Crippen molar-refractivity contribution in [2.24, 2.45) is 0 Å². The van der Waals surface area contributed by atoms with Crippen molar-refractivity contribution in [3.63, 3.8) is 0 Å². The molecule has 1 aromatic rings. The molecule has 0 unspecified atom stereocenters. The van der Waals surface area contributed by atoms with Crippen molar-refractivity contribution in [3.8, 4) is 0 Å². The predicted molar refractivity (Wildman–Crippen MR) is 22.5 cm³/mol. The van der Waals surface area contributed by atoms with Gasteiger partial charge in [-0.1, -0.05) is 0 Å². The second-order valence-corrected chi connectivity index (χ2v) is 0.986. The Morgan fingerprint density at radius 1 is 1.86 bits per heavy atom. The Kier molecular flexibility index (Phi) is 0.898. The van der Waals surface area contributed by atoms with Crippen molar-refractivity contribution in [2.75, 3.05) is 0 Å². The van der Waals surface area contributed by atoms with Crippen molar-refractivity contribution >= 4 is 0 Å². The molecular formula is C4H2N2O. The Bertz CT molecular complexity index is 175. The van der Waals surface area contributed by atoms with E-state index in [2.05, 4.69) is 22.5 Å². The van der Waals surface area contributed by atoms with Gasteiger partial charge in [-0.2, -0.15) is 0 Å². The van der Waals surface area contributed by atoms with Crippen LogP contribution in [0.3, 0.4) is 0 Å². The van der Waals surface area contributed by atoms with Gasteiger partial charge >= 0.3 is 0 Å². The van der Waals surface area contributed by atoms with Crippen LogP contribution < -0.4 is 5.56 Å². The van der Waals surface area contributed by atoms with Crippen LogP contribution in [-0.2, 0) is 0 Å². The van der Waals surface area contributed by atoms with Crippen LogP contribution in [0.1, 0.15) is 0 Å². The zero-order valence-corrected chi connectivity index (χ0v) is 3.43. The highest BCUT2D eigenvalue weighted by Crippen LogP contribution is 1.54. The van der Waals surface area contributed by atoms with Crippen molar-refractivity contribution in [1.82, 2.24) is 9.97 Å². The van der Waals surface area contributed by atoms with E-state index in [1.807, 2.05) is 0 Å². The van der Waals surface area contributed by atoms with Gasteiger partial charge in [0, 0.05) is 6.07 Å². The molecule has 0 bridgehead atoms. The van der Waals surface area contributed by atoms with E-state index in [-0.39, 0.29) is 5.56 Å². The second kappa shape index (κ2) is 1.55. The molecule has 0 aliphatic rings. The number of rotatable bonds is 0. The minimum atomic E-state index is -0.227. The molecule has 34 valence electrons. The third-order valence-corrected chi connectivity index (χ3v) is 0.495. The zero-order chi connectivity index (χ0) is 5.11. The molecule has 0 fully saturated rings. The molecule has 2 radical (unpaired) electrons. The smallest absolute Gasteiger partial charge is 0.251 e. The lowest BCUT2D eigenvalue weighted by Crippen LogP contribution is -2.01. The topological polar surface area (TPSA) is 45.8 Å². The van der Waals surface area contributed by atoms with Gasteiger partial charge in [0.2, 0.25) is 0 Å². The average molecular weight is 94.1 g/mol. The maximum atomic E-state index is 10.1. The van der Waals surface area contributed by atoms with Gasteiger partial charge in [0.15, 0.2) is 6.33 Å². The van der Waals surface area contributed by atoms with Crippen LogP contribution in [0.15, 0.2) is 10.9 Å². The first kappa shape index (κ1) is 4.05. The molecule has 1 heterocycles. The summed E-state index contributed by atoms with van der Waals surface area (Å²) in [6.07, 6.45) is 4.53. The van der Waals surface area contributed by atoms with Gasteiger partial charge < -0.3 is 4.98 Å². The Hall–Kier alpha value is -1.12. The molecule has 0 spiro atoms. The minimum Gasteiger partial charge on any atom is -0.304 e. The molecule has 1 N–H and O–H groups in total. The molecule has 0 saturated carbocycles. The van der Waals surface area contributed by atoms with Crippen LogP contribution >= 0.6 is 0 Å². The van der Waals surface area contributed by atoms with E-state index in [1.54, 1.807) is 0 Å². The standard InChI is InChI=1S/C4H2N2O/c7-4-1-2-5-3-6-4/h1H,(H,5,6,7). The van der Waals surface area contributed by atoms with Crippen molar-refractivity contribution in [1.29, 1.82) is 0 Å². The molecule has 1 aromatic heterocycles. The molecule has 0 aliphatic carbocycles. The van der Waals surface area contributed by atoms with Gasteiger partial charge in [-0.3, -0.25) is 4.79 Å². The van der Waals surface area contributed by atoms with Gasteiger partial charge in [0.1, 0.15) is 0 Å². The molecule has 3 heteroatoms. The van der Waals surface area contributed by atoms with Crippen LogP contribution in [0.2, 0.25) is 0 Å². The fourth-order valence-electron chi connectivity index (χ4n) is 0.242. The van der Waals surface area contributed by atoms with Crippen molar-refractivity contribution < 1.29 is 0 Å². The molecule has 1 rings (SSSR count). The normalized spacial score (nSPS) is 8.57. The summed E-state index contributed by atoms with van der Waals surface area (Å²) >= 11 is 0. The number of aromatic amines is 1. The first-order valence-electron chi connectivity index (χ1n) is 1.73. The summed E-state index contributed by atoms with van der Waals surface area (Å²) in [5, 5.41) is 0. The van der Waals surface area contributed by atoms with Crippen LogP contribution in [-0.4, -0.2) is 9.97 Å². The van der Waals surface area contributed by atoms with E-state index in [1.165, 1.54) is 6.07 Å². The Balaban J connectivity index is 3.28. The van der Waals surface area contributed by atoms with E-state index in [9.17, 15) is 4.79 Å². The van der Waals surface area contributed by atoms with E-state index >= 15 is 0 Å². The fourth-order valence-corrected chi connectivity index (χ4v) is 0.242. The number of aromatic nitrogens is 2.